The summed E-state index contributed by atoms with van der Waals surface area (Å²) >= 11 is 0. The third-order valence-electron chi connectivity index (χ3n) is 2.77. The van der Waals surface area contributed by atoms with Crippen LogP contribution in [-0.4, -0.2) is 23.5 Å². The average molecular weight is 300 g/mol. The van der Waals surface area contributed by atoms with Crippen LogP contribution in [0.3, 0.4) is 0 Å². The Kier molecular flexibility index (Phi) is 4.38. The van der Waals surface area contributed by atoms with Crippen molar-refractivity contribution in [3.63, 3.8) is 0 Å². The fraction of sp³-hybridized carbons (Fsp3) is 0. The lowest BCUT2D eigenvalue weighted by molar-refractivity contribution is -0.120. The van der Waals surface area contributed by atoms with E-state index in [9.17, 15) is 14.4 Å². The van der Waals surface area contributed by atoms with Gasteiger partial charge in [0.05, 0.1) is 5.56 Å². The molecule has 0 saturated carbocycles. The lowest BCUT2D eigenvalue weighted by Gasteiger charge is -2.08. The van der Waals surface area contributed by atoms with Gasteiger partial charge in [-0.1, -0.05) is 0 Å². The van der Waals surface area contributed by atoms with Crippen LogP contribution in [0, 0.1) is 0 Å². The Morgan fingerprint density at radius 1 is 1.09 bits per heavy atom. The zero-order valence-electron chi connectivity index (χ0n) is 11.3. The molecule has 4 N–H and O–H groups in total. The van der Waals surface area contributed by atoms with Crippen molar-refractivity contribution in [1.82, 2.24) is 0 Å². The lowest BCUT2D eigenvalue weighted by Crippen LogP contribution is -2.13. The quantitative estimate of drug-likeness (QED) is 0.572. The summed E-state index contributed by atoms with van der Waals surface area (Å²) in [6, 6.07) is 10.1. The highest BCUT2D eigenvalue weighted by molar-refractivity contribution is 6.06. The first-order valence-corrected chi connectivity index (χ1v) is 6.15. The predicted octanol–water partition coefficient (Wildman–Crippen LogP) is 1.75. The number of nitrogens with one attached hydrogen (secondary N) is 1. The molecule has 0 heterocycles. The molecular weight excluding hydrogens is 288 g/mol. The molecule has 0 aromatic heterocycles. The molecule has 2 aromatic carbocycles. The number of rotatable bonds is 5. The van der Waals surface area contributed by atoms with Gasteiger partial charge < -0.3 is 20.9 Å². The zero-order valence-corrected chi connectivity index (χ0v) is 11.3. The Balaban J connectivity index is 2.29. The van der Waals surface area contributed by atoms with E-state index in [1.165, 1.54) is 12.1 Å². The van der Waals surface area contributed by atoms with Crippen LogP contribution >= 0.6 is 0 Å². The van der Waals surface area contributed by atoms with Gasteiger partial charge in [0.25, 0.3) is 12.4 Å². The first-order chi connectivity index (χ1) is 10.5. The molecule has 7 heteroatoms. The van der Waals surface area contributed by atoms with E-state index in [0.717, 1.165) is 6.07 Å². The number of nitrogens with two attached hydrogens (primary N) is 1. The van der Waals surface area contributed by atoms with Crippen molar-refractivity contribution in [2.24, 2.45) is 0 Å². The lowest BCUT2D eigenvalue weighted by atomic mass is 10.1. The second-order valence-corrected chi connectivity index (χ2v) is 4.34. The fourth-order valence-electron chi connectivity index (χ4n) is 1.75. The van der Waals surface area contributed by atoms with E-state index in [1.807, 2.05) is 0 Å². The fourth-order valence-corrected chi connectivity index (χ4v) is 1.75. The Morgan fingerprint density at radius 2 is 1.73 bits per heavy atom. The minimum absolute atomic E-state index is 0.0302. The molecular formula is C15H12N2O5. The highest BCUT2D eigenvalue weighted by atomic mass is 16.5. The van der Waals surface area contributed by atoms with Crippen LogP contribution in [0.2, 0.25) is 0 Å². The number of anilines is 2. The van der Waals surface area contributed by atoms with Gasteiger partial charge in [0.15, 0.2) is 0 Å². The molecule has 0 aliphatic rings. The summed E-state index contributed by atoms with van der Waals surface area (Å²) in [6.45, 7) is 0.155. The van der Waals surface area contributed by atoms with Crippen molar-refractivity contribution in [3.05, 3.63) is 53.6 Å². The van der Waals surface area contributed by atoms with E-state index < -0.39 is 11.9 Å². The normalized spacial score (nSPS) is 9.82. The number of aromatic carboxylic acids is 1. The molecule has 0 fully saturated rings. The average Bonchev–Trinajstić information content (AvgIpc) is 2.49. The minimum atomic E-state index is -1.24. The number of nitrogen functional groups attached to an aromatic ring is 1. The number of carbonyl (C=O) groups excluding carboxylic acids is 2. The molecule has 0 spiro atoms. The van der Waals surface area contributed by atoms with E-state index in [2.05, 4.69) is 10.1 Å². The van der Waals surface area contributed by atoms with Crippen LogP contribution in [0.5, 0.6) is 5.75 Å². The van der Waals surface area contributed by atoms with Crippen LogP contribution in [0.25, 0.3) is 0 Å². The molecule has 1 amide bonds. The highest BCUT2D eigenvalue weighted by Gasteiger charge is 2.13. The summed E-state index contributed by atoms with van der Waals surface area (Å²) in [7, 11) is 0. The third kappa shape index (κ3) is 3.60. The van der Waals surface area contributed by atoms with Crippen molar-refractivity contribution in [3.8, 4) is 5.75 Å². The van der Waals surface area contributed by atoms with Crippen molar-refractivity contribution >= 4 is 29.7 Å². The maximum Gasteiger partial charge on any atom is 0.335 e. The van der Waals surface area contributed by atoms with Crippen LogP contribution in [0.1, 0.15) is 20.7 Å². The summed E-state index contributed by atoms with van der Waals surface area (Å²) < 4.78 is 4.61. The SMILES string of the molecule is Nc1ccc(NC(=O)c2cc(OC=O)cc(C(=O)O)c2)cc1. The summed E-state index contributed by atoms with van der Waals surface area (Å²) in [5.74, 6) is -1.81. The third-order valence-corrected chi connectivity index (χ3v) is 2.77. The molecule has 0 aliphatic heterocycles. The van der Waals surface area contributed by atoms with Crippen molar-refractivity contribution in [1.29, 1.82) is 0 Å². The van der Waals surface area contributed by atoms with Gasteiger partial charge in [-0.05, 0) is 42.5 Å². The number of ether oxygens (including phenoxy) is 1. The maximum absolute atomic E-state index is 12.2. The Hall–Kier alpha value is -3.35. The van der Waals surface area contributed by atoms with Gasteiger partial charge in [0.2, 0.25) is 0 Å². The number of carboxylic acids is 1. The highest BCUT2D eigenvalue weighted by Crippen LogP contribution is 2.19. The number of carbonyl (C=O) groups is 3. The van der Waals surface area contributed by atoms with Crippen molar-refractivity contribution < 1.29 is 24.2 Å². The topological polar surface area (TPSA) is 119 Å². The smallest absolute Gasteiger partial charge is 0.335 e. The van der Waals surface area contributed by atoms with Crippen LogP contribution < -0.4 is 15.8 Å². The van der Waals surface area contributed by atoms with Gasteiger partial charge in [-0.25, -0.2) is 4.79 Å². The van der Waals surface area contributed by atoms with E-state index in [0.29, 0.717) is 11.4 Å². The molecule has 0 atom stereocenters. The second kappa shape index (κ2) is 6.40. The summed E-state index contributed by atoms with van der Waals surface area (Å²) in [6.07, 6.45) is 0. The molecule has 0 unspecified atom stereocenters. The number of hydrogen-bond donors (Lipinski definition) is 3. The van der Waals surface area contributed by atoms with Gasteiger partial charge >= 0.3 is 5.97 Å². The Bertz CT molecular complexity index is 725. The van der Waals surface area contributed by atoms with Crippen LogP contribution in [-0.2, 0) is 4.79 Å². The molecule has 2 rings (SSSR count). The molecule has 22 heavy (non-hydrogen) atoms. The van der Waals surface area contributed by atoms with Gasteiger partial charge in [-0.3, -0.25) is 9.59 Å². The van der Waals surface area contributed by atoms with Crippen molar-refractivity contribution in [2.45, 2.75) is 0 Å². The summed E-state index contributed by atoms with van der Waals surface area (Å²) in [4.78, 5) is 33.6. The molecule has 0 aliphatic carbocycles. The van der Waals surface area contributed by atoms with Crippen LogP contribution in [0.4, 0.5) is 11.4 Å². The Morgan fingerprint density at radius 3 is 2.32 bits per heavy atom. The summed E-state index contributed by atoms with van der Waals surface area (Å²) in [5.41, 5.74) is 6.48. The van der Waals surface area contributed by atoms with E-state index in [-0.39, 0.29) is 23.3 Å². The standard InChI is InChI=1S/C15H12N2O5/c16-11-1-3-12(4-2-11)17-14(19)9-5-10(15(20)21)7-13(6-9)22-8-18/h1-8H,16H2,(H,17,19)(H,20,21). The molecule has 0 saturated heterocycles. The van der Waals surface area contributed by atoms with E-state index in [4.69, 9.17) is 10.8 Å². The number of carboxylic acid groups (broad SMARTS) is 1. The molecule has 2 aromatic rings. The number of benzene rings is 2. The van der Waals surface area contributed by atoms with E-state index >= 15 is 0 Å². The first-order valence-electron chi connectivity index (χ1n) is 6.15. The molecule has 7 nitrogen and oxygen atoms in total. The Labute approximate surface area is 125 Å². The largest absolute Gasteiger partial charge is 0.478 e. The van der Waals surface area contributed by atoms with Gasteiger partial charge in [0, 0.05) is 16.9 Å². The molecule has 0 radical (unpaired) electrons. The number of amides is 1. The van der Waals surface area contributed by atoms with Gasteiger partial charge in [-0.2, -0.15) is 0 Å². The predicted molar refractivity (Wildman–Crippen MR) is 78.9 cm³/mol. The van der Waals surface area contributed by atoms with Crippen LogP contribution in [0.15, 0.2) is 42.5 Å². The van der Waals surface area contributed by atoms with Crippen molar-refractivity contribution in [2.75, 3.05) is 11.1 Å². The number of hydrogen-bond acceptors (Lipinski definition) is 5. The zero-order chi connectivity index (χ0) is 16.1. The van der Waals surface area contributed by atoms with Gasteiger partial charge in [0.1, 0.15) is 5.75 Å². The monoisotopic (exact) mass is 300 g/mol. The first kappa shape index (κ1) is 15.0. The van der Waals surface area contributed by atoms with E-state index in [1.54, 1.807) is 24.3 Å². The molecule has 0 bridgehead atoms. The minimum Gasteiger partial charge on any atom is -0.478 e. The maximum atomic E-state index is 12.2. The summed E-state index contributed by atoms with van der Waals surface area (Å²) in [5, 5.41) is 11.6. The molecule has 112 valence electrons. The van der Waals surface area contributed by atoms with Gasteiger partial charge in [-0.15, -0.1) is 0 Å². The second-order valence-electron chi connectivity index (χ2n) is 4.34.